The van der Waals surface area contributed by atoms with Gasteiger partial charge in [0.2, 0.25) is 11.8 Å². The molecule has 0 N–H and O–H groups in total. The molecule has 2 aromatic heterocycles. The first-order valence-electron chi connectivity index (χ1n) is 15.8. The molecule has 0 aliphatic carbocycles. The highest BCUT2D eigenvalue weighted by Gasteiger charge is 2.40. The molecule has 0 fully saturated rings. The summed E-state index contributed by atoms with van der Waals surface area (Å²) in [4.78, 5) is 102. The third-order valence-electron chi connectivity index (χ3n) is 8.99. The van der Waals surface area contributed by atoms with E-state index in [1.54, 1.807) is 48.5 Å². The summed E-state index contributed by atoms with van der Waals surface area (Å²) in [5.41, 5.74) is -1.44. The summed E-state index contributed by atoms with van der Waals surface area (Å²) in [6.07, 6.45) is 0. The summed E-state index contributed by atoms with van der Waals surface area (Å²) in [6, 6.07) is 24.5. The van der Waals surface area contributed by atoms with Gasteiger partial charge in [0.05, 0.1) is 61.4 Å². The fraction of sp³-hybridized carbons (Fsp3) is 0. The first-order valence-corrected chi connectivity index (χ1v) is 15.8. The highest BCUT2D eigenvalue weighted by atomic mass is 16.4. The summed E-state index contributed by atoms with van der Waals surface area (Å²) >= 11 is 0. The van der Waals surface area contributed by atoms with Gasteiger partial charge in [-0.25, -0.2) is 29.4 Å². The second-order valence-electron chi connectivity index (χ2n) is 12.1. The van der Waals surface area contributed by atoms with Gasteiger partial charge in [-0.1, -0.05) is 24.3 Å². The van der Waals surface area contributed by atoms with Crippen molar-refractivity contribution in [3.63, 3.8) is 0 Å². The molecule has 0 saturated heterocycles. The van der Waals surface area contributed by atoms with Crippen LogP contribution in [0.5, 0.6) is 0 Å². The zero-order valence-corrected chi connectivity index (χ0v) is 26.7. The number of carboxylic acids is 1. The molecule has 254 valence electrons. The van der Waals surface area contributed by atoms with E-state index in [1.165, 1.54) is 36.4 Å². The number of anilines is 2. The number of aromatic nitrogens is 2. The van der Waals surface area contributed by atoms with Gasteiger partial charge in [0.25, 0.3) is 23.6 Å². The van der Waals surface area contributed by atoms with Gasteiger partial charge in [-0.2, -0.15) is 0 Å². The molecule has 53 heavy (non-hydrogen) atoms. The average Bonchev–Trinajstić information content (AvgIpc) is 3.57. The van der Waals surface area contributed by atoms with Crippen molar-refractivity contribution in [1.82, 2.24) is 9.97 Å². The van der Waals surface area contributed by atoms with Crippen molar-refractivity contribution in [2.45, 2.75) is 0 Å². The number of imide groups is 2. The summed E-state index contributed by atoms with van der Waals surface area (Å²) in [6.45, 7) is 0. The predicted octanol–water partition coefficient (Wildman–Crippen LogP) is 3.99. The Kier molecular flexibility index (Phi) is 6.65. The van der Waals surface area contributed by atoms with Crippen LogP contribution in [0.25, 0.3) is 44.7 Å². The number of carbonyl (C=O) groups is 5. The fourth-order valence-electron chi connectivity index (χ4n) is 6.47. The number of nitrogens with zero attached hydrogens (tertiary/aromatic N) is 4. The molecular weight excluding hydrogens is 684 g/mol. The molecule has 14 heteroatoms. The number of carbonyl (C=O) groups excluding carboxylic acids is 5. The van der Waals surface area contributed by atoms with E-state index in [9.17, 15) is 38.7 Å². The SMILES string of the molecule is O=C([O-])c1cc(N2C(=O)c3ccc(-c4nc5ccccc5c(=O)o4)cc3C2=O)cc(N2C(=O)c3ccc(-c4nc5ccccc5c(=O)o4)cc3C2=O)c1. The monoisotopic (exact) mass is 701 g/mol. The van der Waals surface area contributed by atoms with Crippen LogP contribution in [0.2, 0.25) is 0 Å². The number of benzene rings is 5. The molecule has 0 unspecified atom stereocenters. The summed E-state index contributed by atoms with van der Waals surface area (Å²) < 4.78 is 10.8. The number of fused-ring (bicyclic) bond motifs is 4. The zero-order valence-electron chi connectivity index (χ0n) is 26.7. The fourth-order valence-corrected chi connectivity index (χ4v) is 6.47. The molecule has 7 aromatic rings. The number of carboxylic acid groups (broad SMARTS) is 1. The van der Waals surface area contributed by atoms with Crippen LogP contribution in [0.15, 0.2) is 122 Å². The maximum Gasteiger partial charge on any atom is 0.347 e. The van der Waals surface area contributed by atoms with Crippen LogP contribution in [0.1, 0.15) is 51.8 Å². The lowest BCUT2D eigenvalue weighted by Gasteiger charge is -2.21. The van der Waals surface area contributed by atoms with Gasteiger partial charge in [-0.05, 0) is 78.9 Å². The topological polar surface area (TPSA) is 201 Å². The normalized spacial score (nSPS) is 13.7. The van der Waals surface area contributed by atoms with Crippen molar-refractivity contribution in [1.29, 1.82) is 0 Å². The minimum absolute atomic E-state index is 0.0375. The van der Waals surface area contributed by atoms with Gasteiger partial charge in [-0.15, -0.1) is 0 Å². The Morgan fingerprint density at radius 2 is 0.925 bits per heavy atom. The van der Waals surface area contributed by atoms with Crippen molar-refractivity contribution >= 4 is 62.8 Å². The first-order chi connectivity index (χ1) is 25.6. The molecule has 0 radical (unpaired) electrons. The Bertz CT molecular complexity index is 2790. The Morgan fingerprint density at radius 1 is 0.509 bits per heavy atom. The molecule has 0 spiro atoms. The number of rotatable bonds is 5. The molecule has 4 amide bonds. The number of hydrogen-bond acceptors (Lipinski definition) is 12. The lowest BCUT2D eigenvalue weighted by molar-refractivity contribution is -0.255. The third kappa shape index (κ3) is 4.77. The summed E-state index contributed by atoms with van der Waals surface area (Å²) in [5, 5.41) is 12.7. The number of amides is 4. The molecule has 0 saturated carbocycles. The van der Waals surface area contributed by atoms with Crippen LogP contribution in [0, 0.1) is 0 Å². The molecule has 4 heterocycles. The van der Waals surface area contributed by atoms with Gasteiger partial charge in [0.1, 0.15) is 0 Å². The summed E-state index contributed by atoms with van der Waals surface area (Å²) in [5.74, 6) is -5.24. The number of para-hydroxylation sites is 2. The highest BCUT2D eigenvalue weighted by molar-refractivity contribution is 6.36. The largest absolute Gasteiger partial charge is 0.545 e. The van der Waals surface area contributed by atoms with E-state index in [2.05, 4.69) is 9.97 Å². The highest BCUT2D eigenvalue weighted by Crippen LogP contribution is 2.37. The van der Waals surface area contributed by atoms with E-state index >= 15 is 0 Å². The Labute approximate surface area is 294 Å². The number of aromatic carboxylic acids is 1. The Hall–Kier alpha value is -7.87. The second kappa shape index (κ2) is 11.3. The molecule has 0 atom stereocenters. The minimum atomic E-state index is -1.71. The van der Waals surface area contributed by atoms with Gasteiger partial charge in [-0.3, -0.25) is 19.2 Å². The molecule has 5 aromatic carbocycles. The van der Waals surface area contributed by atoms with Crippen molar-refractivity contribution < 1.29 is 37.9 Å². The third-order valence-corrected chi connectivity index (χ3v) is 8.99. The molecular formula is C39H17N4O10-. The summed E-state index contributed by atoms with van der Waals surface area (Å²) in [7, 11) is 0. The lowest BCUT2D eigenvalue weighted by Crippen LogP contribution is -2.33. The second-order valence-corrected chi connectivity index (χ2v) is 12.1. The van der Waals surface area contributed by atoms with Gasteiger partial charge < -0.3 is 18.7 Å². The molecule has 0 bridgehead atoms. The van der Waals surface area contributed by atoms with Crippen molar-refractivity contribution in [2.75, 3.05) is 9.80 Å². The standard InChI is InChI=1S/C39H18N4O10/c44-33-23-11-9-18(31-40-29-7-3-1-5-25(29)38(50)52-31)15-27(23)35(46)42(33)21-13-20(37(48)49)14-22(17-21)43-34(45)24-12-10-19(16-28(24)36(43)47)32-41-30-8-4-2-6-26(30)39(51)53-32/h1-17H,(H,48,49)/p-1. The van der Waals surface area contributed by atoms with E-state index in [0.717, 1.165) is 18.2 Å². The van der Waals surface area contributed by atoms with E-state index in [-0.39, 0.29) is 67.3 Å². The maximum absolute atomic E-state index is 13.8. The van der Waals surface area contributed by atoms with Crippen LogP contribution in [0.4, 0.5) is 11.4 Å². The molecule has 2 aliphatic rings. The lowest BCUT2D eigenvalue weighted by atomic mass is 10.1. The van der Waals surface area contributed by atoms with E-state index in [4.69, 9.17) is 8.83 Å². The molecule has 2 aliphatic heterocycles. The van der Waals surface area contributed by atoms with Crippen molar-refractivity contribution in [3.8, 4) is 22.9 Å². The van der Waals surface area contributed by atoms with Crippen LogP contribution < -0.4 is 26.2 Å². The van der Waals surface area contributed by atoms with Gasteiger partial charge in [0, 0.05) is 16.7 Å². The average molecular weight is 702 g/mol. The van der Waals surface area contributed by atoms with E-state index < -0.39 is 46.4 Å². The first kappa shape index (κ1) is 31.1. The van der Waals surface area contributed by atoms with Gasteiger partial charge in [0.15, 0.2) is 0 Å². The van der Waals surface area contributed by atoms with Crippen molar-refractivity contribution in [2.24, 2.45) is 0 Å². The molecule has 9 rings (SSSR count). The molecule has 14 nitrogen and oxygen atoms in total. The smallest absolute Gasteiger partial charge is 0.347 e. The van der Waals surface area contributed by atoms with Gasteiger partial charge >= 0.3 is 11.3 Å². The van der Waals surface area contributed by atoms with E-state index in [1.807, 2.05) is 0 Å². The quantitative estimate of drug-likeness (QED) is 0.234. The zero-order chi connectivity index (χ0) is 36.7. The van der Waals surface area contributed by atoms with Crippen LogP contribution >= 0.6 is 0 Å². The minimum Gasteiger partial charge on any atom is -0.545 e. The Balaban J connectivity index is 1.08. The van der Waals surface area contributed by atoms with Crippen molar-refractivity contribution in [3.05, 3.63) is 152 Å². The maximum atomic E-state index is 13.8. The Morgan fingerprint density at radius 3 is 1.36 bits per heavy atom. The van der Waals surface area contributed by atoms with Crippen LogP contribution in [-0.4, -0.2) is 39.6 Å². The van der Waals surface area contributed by atoms with E-state index in [0.29, 0.717) is 20.8 Å². The number of hydrogen-bond donors (Lipinski definition) is 0. The van der Waals surface area contributed by atoms with Crippen LogP contribution in [0.3, 0.4) is 0 Å². The van der Waals surface area contributed by atoms with Crippen LogP contribution in [-0.2, 0) is 0 Å². The predicted molar refractivity (Wildman–Crippen MR) is 184 cm³/mol.